The van der Waals surface area contributed by atoms with Crippen LogP contribution in [0, 0.1) is 0 Å². The summed E-state index contributed by atoms with van der Waals surface area (Å²) in [4.78, 5) is 35.8. The van der Waals surface area contributed by atoms with Gasteiger partial charge in [-0.1, -0.05) is 19.6 Å². The maximum Gasteiger partial charge on any atom is 0.302 e. The molecule has 160 valence electrons. The van der Waals surface area contributed by atoms with Crippen LogP contribution in [0.4, 0.5) is 14.7 Å². The van der Waals surface area contributed by atoms with Crippen LogP contribution in [0.3, 0.4) is 0 Å². The van der Waals surface area contributed by atoms with Gasteiger partial charge in [0.05, 0.1) is 6.04 Å². The molecule has 2 aromatic heterocycles. The predicted molar refractivity (Wildman–Crippen MR) is 106 cm³/mol. The molecule has 0 aliphatic rings. The molecule has 0 aliphatic carbocycles. The zero-order valence-electron chi connectivity index (χ0n) is 16.9. The number of nitrogens with one attached hydrogen (secondary N) is 2. The van der Waals surface area contributed by atoms with Crippen LogP contribution in [-0.4, -0.2) is 39.3 Å². The Balaban J connectivity index is 1.98. The molecule has 10 heteroatoms. The van der Waals surface area contributed by atoms with Crippen LogP contribution in [0.15, 0.2) is 42.7 Å². The van der Waals surface area contributed by atoms with Gasteiger partial charge in [-0.15, -0.1) is 0 Å². The van der Waals surface area contributed by atoms with Gasteiger partial charge in [-0.05, 0) is 31.1 Å². The van der Waals surface area contributed by atoms with Crippen molar-refractivity contribution in [1.29, 1.82) is 0 Å². The van der Waals surface area contributed by atoms with Gasteiger partial charge in [-0.3, -0.25) is 14.9 Å². The van der Waals surface area contributed by atoms with Gasteiger partial charge >= 0.3 is 5.92 Å². The number of ether oxygens (including phenoxy) is 1. The van der Waals surface area contributed by atoms with Crippen LogP contribution >= 0.6 is 0 Å². The number of carbonyl (C=O) groups is 2. The summed E-state index contributed by atoms with van der Waals surface area (Å²) < 4.78 is 32.1. The Bertz CT molecular complexity index is 919. The van der Waals surface area contributed by atoms with E-state index in [0.29, 0.717) is 5.56 Å². The van der Waals surface area contributed by atoms with E-state index in [4.69, 9.17) is 4.74 Å². The minimum absolute atomic E-state index is 0.0327. The molecule has 2 amide bonds. The quantitative estimate of drug-likeness (QED) is 0.604. The molecule has 2 aromatic rings. The second-order valence-corrected chi connectivity index (χ2v) is 6.57. The fourth-order valence-corrected chi connectivity index (χ4v) is 2.13. The molecule has 0 saturated carbocycles. The number of hydrogen-bond acceptors (Lipinski definition) is 6. The molecule has 0 aliphatic heterocycles. The van der Waals surface area contributed by atoms with E-state index in [2.05, 4.69) is 32.2 Å². The Hall–Kier alpha value is -3.43. The monoisotopic (exact) mass is 419 g/mol. The van der Waals surface area contributed by atoms with Gasteiger partial charge in [0.15, 0.2) is 6.61 Å². The van der Waals surface area contributed by atoms with Crippen molar-refractivity contribution in [3.63, 3.8) is 0 Å². The lowest BCUT2D eigenvalue weighted by molar-refractivity contribution is -0.115. The minimum atomic E-state index is -3.14. The van der Waals surface area contributed by atoms with Crippen molar-refractivity contribution in [3.8, 4) is 5.88 Å². The van der Waals surface area contributed by atoms with Crippen LogP contribution in [-0.2, 0) is 4.79 Å². The maximum absolute atomic E-state index is 13.5. The molecular formula is C20H23F2N5O3. The highest BCUT2D eigenvalue weighted by Gasteiger charge is 2.31. The van der Waals surface area contributed by atoms with E-state index in [1.54, 1.807) is 19.9 Å². The summed E-state index contributed by atoms with van der Waals surface area (Å²) in [6, 6.07) is 4.02. The molecular weight excluding hydrogens is 396 g/mol. The zero-order valence-corrected chi connectivity index (χ0v) is 16.9. The predicted octanol–water partition coefficient (Wildman–Crippen LogP) is 3.30. The molecule has 0 bridgehead atoms. The SMILES string of the molecule is C=C(C)C(F)(F)COc1ccc(C(C)NC(=O)c2ccnc(NC(=O)CC)n2)cn1. The van der Waals surface area contributed by atoms with E-state index >= 15 is 0 Å². The highest BCUT2D eigenvalue weighted by molar-refractivity contribution is 5.93. The summed E-state index contributed by atoms with van der Waals surface area (Å²) in [6.07, 6.45) is 3.05. The number of anilines is 1. The van der Waals surface area contributed by atoms with Crippen molar-refractivity contribution in [2.45, 2.75) is 39.2 Å². The Kier molecular flexibility index (Phi) is 7.51. The molecule has 1 atom stereocenters. The van der Waals surface area contributed by atoms with E-state index < -0.39 is 24.5 Å². The Morgan fingerprint density at radius 3 is 2.60 bits per heavy atom. The second-order valence-electron chi connectivity index (χ2n) is 6.57. The van der Waals surface area contributed by atoms with Crippen molar-refractivity contribution in [3.05, 3.63) is 54.0 Å². The minimum Gasteiger partial charge on any atom is -0.471 e. The molecule has 2 N–H and O–H groups in total. The summed E-state index contributed by atoms with van der Waals surface area (Å²) in [5.41, 5.74) is 0.423. The number of halogens is 2. The van der Waals surface area contributed by atoms with Crippen LogP contribution in [0.1, 0.15) is 49.3 Å². The van der Waals surface area contributed by atoms with E-state index in [1.807, 2.05) is 0 Å². The second kappa shape index (κ2) is 9.86. The average Bonchev–Trinajstić information content (AvgIpc) is 2.72. The third-order valence-electron chi connectivity index (χ3n) is 4.09. The molecule has 0 saturated heterocycles. The van der Waals surface area contributed by atoms with E-state index in [0.717, 1.165) is 0 Å². The molecule has 30 heavy (non-hydrogen) atoms. The van der Waals surface area contributed by atoms with E-state index in [9.17, 15) is 18.4 Å². The lowest BCUT2D eigenvalue weighted by atomic mass is 10.1. The lowest BCUT2D eigenvalue weighted by Gasteiger charge is -2.17. The maximum atomic E-state index is 13.5. The van der Waals surface area contributed by atoms with Crippen LogP contribution in [0.2, 0.25) is 0 Å². The molecule has 0 fully saturated rings. The molecule has 2 rings (SSSR count). The summed E-state index contributed by atoms with van der Waals surface area (Å²) in [6.45, 7) is 7.01. The van der Waals surface area contributed by atoms with Crippen LogP contribution < -0.4 is 15.4 Å². The molecule has 0 aromatic carbocycles. The Morgan fingerprint density at radius 2 is 2.00 bits per heavy atom. The average molecular weight is 419 g/mol. The van der Waals surface area contributed by atoms with Crippen molar-refractivity contribution in [1.82, 2.24) is 20.3 Å². The largest absolute Gasteiger partial charge is 0.471 e. The summed E-state index contributed by atoms with van der Waals surface area (Å²) in [5.74, 6) is -3.81. The number of pyridine rings is 1. The number of alkyl halides is 2. The van der Waals surface area contributed by atoms with Gasteiger partial charge in [0.1, 0.15) is 5.69 Å². The summed E-state index contributed by atoms with van der Waals surface area (Å²) in [5, 5.41) is 5.23. The summed E-state index contributed by atoms with van der Waals surface area (Å²) >= 11 is 0. The van der Waals surface area contributed by atoms with Gasteiger partial charge in [0, 0.05) is 24.9 Å². The lowest BCUT2D eigenvalue weighted by Crippen LogP contribution is -2.28. The highest BCUT2D eigenvalue weighted by atomic mass is 19.3. The number of nitrogens with zero attached hydrogens (tertiary/aromatic N) is 3. The van der Waals surface area contributed by atoms with E-state index in [1.165, 1.54) is 31.5 Å². The van der Waals surface area contributed by atoms with Crippen molar-refractivity contribution in [2.75, 3.05) is 11.9 Å². The van der Waals surface area contributed by atoms with Crippen molar-refractivity contribution in [2.24, 2.45) is 0 Å². The first-order valence-electron chi connectivity index (χ1n) is 9.18. The van der Waals surface area contributed by atoms with Crippen molar-refractivity contribution >= 4 is 17.8 Å². The number of amides is 2. The van der Waals surface area contributed by atoms with Crippen LogP contribution in [0.25, 0.3) is 0 Å². The third kappa shape index (κ3) is 6.29. The normalized spacial score (nSPS) is 12.0. The first-order valence-corrected chi connectivity index (χ1v) is 9.18. The van der Waals surface area contributed by atoms with Crippen molar-refractivity contribution < 1.29 is 23.1 Å². The molecule has 1 unspecified atom stereocenters. The zero-order chi connectivity index (χ0) is 22.3. The molecule has 8 nitrogen and oxygen atoms in total. The Labute approximate surface area is 172 Å². The van der Waals surface area contributed by atoms with Crippen LogP contribution in [0.5, 0.6) is 5.88 Å². The number of carbonyl (C=O) groups excluding carboxylic acids is 2. The number of rotatable bonds is 9. The highest BCUT2D eigenvalue weighted by Crippen LogP contribution is 2.23. The van der Waals surface area contributed by atoms with Gasteiger partial charge in [0.2, 0.25) is 17.7 Å². The van der Waals surface area contributed by atoms with Gasteiger partial charge < -0.3 is 10.1 Å². The topological polar surface area (TPSA) is 106 Å². The fraction of sp³-hybridized carbons (Fsp3) is 0.350. The van der Waals surface area contributed by atoms with Gasteiger partial charge in [-0.2, -0.15) is 8.78 Å². The van der Waals surface area contributed by atoms with E-state index in [-0.39, 0.29) is 35.4 Å². The van der Waals surface area contributed by atoms with Gasteiger partial charge in [-0.25, -0.2) is 15.0 Å². The third-order valence-corrected chi connectivity index (χ3v) is 4.09. The Morgan fingerprint density at radius 1 is 1.27 bits per heavy atom. The smallest absolute Gasteiger partial charge is 0.302 e. The fourth-order valence-electron chi connectivity index (χ4n) is 2.13. The molecule has 2 heterocycles. The first kappa shape index (κ1) is 22.9. The van der Waals surface area contributed by atoms with Gasteiger partial charge in [0.25, 0.3) is 5.91 Å². The summed E-state index contributed by atoms with van der Waals surface area (Å²) in [7, 11) is 0. The number of aromatic nitrogens is 3. The molecule has 0 spiro atoms. The molecule has 0 radical (unpaired) electrons. The number of hydrogen-bond donors (Lipinski definition) is 2. The standard InChI is InChI=1S/C20H23F2N5O3/c1-5-16(28)27-19-23-9-8-15(26-19)18(29)25-13(4)14-6-7-17(24-10-14)30-11-20(21,22)12(2)3/h6-10,13H,2,5,11H2,1,3-4H3,(H,25,29)(H,23,26,27,28). The first-order chi connectivity index (χ1) is 14.1.